The van der Waals surface area contributed by atoms with Crippen LogP contribution in [0.5, 0.6) is 0 Å². The number of rotatable bonds is 21. The van der Waals surface area contributed by atoms with Crippen molar-refractivity contribution in [2.24, 2.45) is 5.92 Å². The van der Waals surface area contributed by atoms with Crippen LogP contribution in [0.25, 0.3) is 0 Å². The minimum atomic E-state index is 0.108. The van der Waals surface area contributed by atoms with Gasteiger partial charge in [-0.15, -0.1) is 11.6 Å². The highest BCUT2D eigenvalue weighted by atomic mass is 35.5. The molecule has 158 valence electrons. The van der Waals surface area contributed by atoms with Gasteiger partial charge < -0.3 is 10.2 Å². The van der Waals surface area contributed by atoms with Gasteiger partial charge in [-0.3, -0.25) is 0 Å². The Hall–Kier alpha value is 0.210. The van der Waals surface area contributed by atoms with Crippen molar-refractivity contribution in [1.82, 2.24) is 0 Å². The molecule has 0 amide bonds. The first-order chi connectivity index (χ1) is 12.8. The molecule has 0 spiro atoms. The average molecular weight is 391 g/mol. The molecule has 0 aliphatic rings. The second-order valence-electron chi connectivity index (χ2n) is 8.04. The van der Waals surface area contributed by atoms with E-state index in [0.717, 1.165) is 6.42 Å². The van der Waals surface area contributed by atoms with Gasteiger partial charge in [0.05, 0.1) is 0 Å². The number of aliphatic hydroxyl groups is 2. The predicted octanol–water partition coefficient (Wildman–Crippen LogP) is 7.24. The standard InChI is InChI=1S/C23H47ClO2/c1-2-3-4-5-6-7-8-9-10-11-12-13-14-15-16-17-23(24)22(18-20-25)19-21-26/h22-23,25-26H,2-21H2,1H3. The molecule has 2 N–H and O–H groups in total. The first-order valence-electron chi connectivity index (χ1n) is 11.6. The van der Waals surface area contributed by atoms with Crippen molar-refractivity contribution in [3.8, 4) is 0 Å². The molecule has 0 saturated heterocycles. The largest absolute Gasteiger partial charge is 0.396 e. The van der Waals surface area contributed by atoms with Crippen LogP contribution in [-0.2, 0) is 0 Å². The third-order valence-corrected chi connectivity index (χ3v) is 6.17. The molecule has 2 nitrogen and oxygen atoms in total. The Labute approximate surface area is 169 Å². The minimum absolute atomic E-state index is 0.108. The molecule has 0 rings (SSSR count). The van der Waals surface area contributed by atoms with E-state index >= 15 is 0 Å². The molecule has 1 unspecified atom stereocenters. The number of halogens is 1. The molecule has 0 aromatic heterocycles. The van der Waals surface area contributed by atoms with Crippen molar-refractivity contribution in [3.05, 3.63) is 0 Å². The van der Waals surface area contributed by atoms with Gasteiger partial charge in [0.25, 0.3) is 0 Å². The molecule has 0 bridgehead atoms. The van der Waals surface area contributed by atoms with Crippen LogP contribution in [0.2, 0.25) is 0 Å². The second kappa shape index (κ2) is 21.5. The summed E-state index contributed by atoms with van der Waals surface area (Å²) in [6, 6.07) is 0. The zero-order valence-corrected chi connectivity index (χ0v) is 18.3. The lowest BCUT2D eigenvalue weighted by Gasteiger charge is -2.20. The second-order valence-corrected chi connectivity index (χ2v) is 8.60. The predicted molar refractivity (Wildman–Crippen MR) is 116 cm³/mol. The highest BCUT2D eigenvalue weighted by molar-refractivity contribution is 6.20. The van der Waals surface area contributed by atoms with Crippen LogP contribution in [0.1, 0.15) is 122 Å². The molecule has 0 aliphatic heterocycles. The number of hydrogen-bond donors (Lipinski definition) is 2. The van der Waals surface area contributed by atoms with Gasteiger partial charge in [0.1, 0.15) is 0 Å². The Kier molecular flexibility index (Phi) is 21.7. The fourth-order valence-corrected chi connectivity index (χ4v) is 4.19. The maximum Gasteiger partial charge on any atom is 0.0434 e. The van der Waals surface area contributed by atoms with Crippen LogP contribution in [-0.4, -0.2) is 28.8 Å². The van der Waals surface area contributed by atoms with E-state index in [4.69, 9.17) is 21.8 Å². The summed E-state index contributed by atoms with van der Waals surface area (Å²) in [5.74, 6) is 0.262. The summed E-state index contributed by atoms with van der Waals surface area (Å²) in [5.41, 5.74) is 0. The molecule has 0 aromatic rings. The summed E-state index contributed by atoms with van der Waals surface area (Å²) in [7, 11) is 0. The van der Waals surface area contributed by atoms with Crippen LogP contribution >= 0.6 is 11.6 Å². The van der Waals surface area contributed by atoms with E-state index in [1.54, 1.807) is 0 Å². The van der Waals surface area contributed by atoms with Crippen molar-refractivity contribution in [2.45, 2.75) is 128 Å². The van der Waals surface area contributed by atoms with Gasteiger partial charge in [-0.1, -0.05) is 103 Å². The first-order valence-corrected chi connectivity index (χ1v) is 12.1. The van der Waals surface area contributed by atoms with Crippen molar-refractivity contribution in [1.29, 1.82) is 0 Å². The summed E-state index contributed by atoms with van der Waals surface area (Å²) in [4.78, 5) is 0. The zero-order valence-electron chi connectivity index (χ0n) is 17.6. The number of hydrogen-bond acceptors (Lipinski definition) is 2. The van der Waals surface area contributed by atoms with Gasteiger partial charge in [-0.2, -0.15) is 0 Å². The number of aliphatic hydroxyl groups excluding tert-OH is 2. The van der Waals surface area contributed by atoms with E-state index in [1.165, 1.54) is 96.3 Å². The van der Waals surface area contributed by atoms with Crippen molar-refractivity contribution in [3.63, 3.8) is 0 Å². The summed E-state index contributed by atoms with van der Waals surface area (Å²) < 4.78 is 0. The van der Waals surface area contributed by atoms with Crippen LogP contribution in [0.15, 0.2) is 0 Å². The summed E-state index contributed by atoms with van der Waals surface area (Å²) in [5, 5.41) is 18.3. The fraction of sp³-hybridized carbons (Fsp3) is 1.00. The van der Waals surface area contributed by atoms with Crippen LogP contribution in [0.3, 0.4) is 0 Å². The molecule has 0 radical (unpaired) electrons. The Morgan fingerprint density at radius 3 is 1.23 bits per heavy atom. The summed E-state index contributed by atoms with van der Waals surface area (Å²) in [6.07, 6.45) is 23.2. The van der Waals surface area contributed by atoms with E-state index in [0.29, 0.717) is 12.8 Å². The van der Waals surface area contributed by atoms with Gasteiger partial charge in [0.2, 0.25) is 0 Å². The van der Waals surface area contributed by atoms with Crippen molar-refractivity contribution >= 4 is 11.6 Å². The van der Waals surface area contributed by atoms with E-state index < -0.39 is 0 Å². The molecule has 26 heavy (non-hydrogen) atoms. The van der Waals surface area contributed by atoms with Gasteiger partial charge in [0.15, 0.2) is 0 Å². The third-order valence-electron chi connectivity index (χ3n) is 5.59. The Balaban J connectivity index is 3.28. The van der Waals surface area contributed by atoms with Crippen molar-refractivity contribution < 1.29 is 10.2 Å². The lowest BCUT2D eigenvalue weighted by Crippen LogP contribution is -2.18. The number of unbranched alkanes of at least 4 members (excludes halogenated alkanes) is 14. The zero-order chi connectivity index (χ0) is 19.3. The van der Waals surface area contributed by atoms with E-state index in [2.05, 4.69) is 6.92 Å². The molecule has 3 heteroatoms. The topological polar surface area (TPSA) is 40.5 Å². The SMILES string of the molecule is CCCCCCCCCCCCCCCCCC(Cl)C(CCO)CCO. The van der Waals surface area contributed by atoms with Gasteiger partial charge in [-0.25, -0.2) is 0 Å². The van der Waals surface area contributed by atoms with Crippen LogP contribution in [0.4, 0.5) is 0 Å². The highest BCUT2D eigenvalue weighted by Gasteiger charge is 2.17. The van der Waals surface area contributed by atoms with E-state index in [-0.39, 0.29) is 24.5 Å². The van der Waals surface area contributed by atoms with Gasteiger partial charge in [-0.05, 0) is 25.2 Å². The lowest BCUT2D eigenvalue weighted by molar-refractivity contribution is 0.209. The fourth-order valence-electron chi connectivity index (χ4n) is 3.78. The van der Waals surface area contributed by atoms with Crippen LogP contribution in [0, 0.1) is 5.92 Å². The average Bonchev–Trinajstić information content (AvgIpc) is 2.64. The molecule has 0 heterocycles. The molecule has 0 aromatic carbocycles. The van der Waals surface area contributed by atoms with Gasteiger partial charge >= 0.3 is 0 Å². The van der Waals surface area contributed by atoms with Gasteiger partial charge in [0, 0.05) is 18.6 Å². The Bertz CT molecular complexity index is 255. The molecule has 0 saturated carbocycles. The summed E-state index contributed by atoms with van der Waals surface area (Å²) in [6.45, 7) is 2.63. The Morgan fingerprint density at radius 1 is 0.538 bits per heavy atom. The van der Waals surface area contributed by atoms with Crippen LogP contribution < -0.4 is 0 Å². The quantitative estimate of drug-likeness (QED) is 0.160. The maximum absolute atomic E-state index is 9.08. The third kappa shape index (κ3) is 17.6. The molecule has 0 fully saturated rings. The molecule has 1 atom stereocenters. The Morgan fingerprint density at radius 2 is 0.885 bits per heavy atom. The molecule has 0 aliphatic carbocycles. The van der Waals surface area contributed by atoms with E-state index in [9.17, 15) is 0 Å². The lowest BCUT2D eigenvalue weighted by atomic mass is 9.94. The normalized spacial score (nSPS) is 12.8. The maximum atomic E-state index is 9.08. The minimum Gasteiger partial charge on any atom is -0.396 e. The monoisotopic (exact) mass is 390 g/mol. The highest BCUT2D eigenvalue weighted by Crippen LogP contribution is 2.24. The molecular formula is C23H47ClO2. The van der Waals surface area contributed by atoms with E-state index in [1.807, 2.05) is 0 Å². The first kappa shape index (κ1) is 26.2. The smallest absolute Gasteiger partial charge is 0.0434 e. The number of alkyl halides is 1. The summed E-state index contributed by atoms with van der Waals surface area (Å²) >= 11 is 6.44. The molecular weight excluding hydrogens is 344 g/mol. The van der Waals surface area contributed by atoms with Crippen molar-refractivity contribution in [2.75, 3.05) is 13.2 Å².